The molecule has 0 atom stereocenters. The van der Waals surface area contributed by atoms with Crippen LogP contribution in [-0.2, 0) is 11.2 Å². The van der Waals surface area contributed by atoms with E-state index in [1.165, 1.54) is 24.2 Å². The van der Waals surface area contributed by atoms with Crippen LogP contribution in [0.15, 0.2) is 47.4 Å². The number of methoxy groups -OCH3 is 1. The Hall–Kier alpha value is -2.91. The fourth-order valence-corrected chi connectivity index (χ4v) is 4.00. The number of carbonyl (C=O) groups excluding carboxylic acids is 1. The number of ether oxygens (including phenoxy) is 1. The zero-order valence-corrected chi connectivity index (χ0v) is 16.5. The Labute approximate surface area is 170 Å². The topological polar surface area (TPSA) is 92.9 Å². The van der Waals surface area contributed by atoms with Crippen molar-refractivity contribution in [1.82, 2.24) is 4.90 Å². The first-order valence-electron chi connectivity index (χ1n) is 8.25. The second kappa shape index (κ2) is 8.41. The third-order valence-corrected chi connectivity index (χ3v) is 5.52. The Kier molecular flexibility index (Phi) is 5.96. The quantitative estimate of drug-likeness (QED) is 0.332. The first-order valence-corrected chi connectivity index (χ1v) is 9.48. The van der Waals surface area contributed by atoms with Crippen molar-refractivity contribution < 1.29 is 19.6 Å². The number of aromatic hydroxyl groups is 1. The predicted octanol–water partition coefficient (Wildman–Crippen LogP) is 3.75. The summed E-state index contributed by atoms with van der Waals surface area (Å²) < 4.78 is 5.39. The molecule has 1 fully saturated rings. The van der Waals surface area contributed by atoms with Crippen LogP contribution in [-0.4, -0.2) is 38.8 Å². The number of hydrogen-bond donors (Lipinski definition) is 1. The Morgan fingerprint density at radius 3 is 2.68 bits per heavy atom. The highest BCUT2D eigenvalue weighted by Crippen LogP contribution is 2.39. The third-order valence-electron chi connectivity index (χ3n) is 4.15. The van der Waals surface area contributed by atoms with Crippen LogP contribution >= 0.6 is 24.0 Å². The van der Waals surface area contributed by atoms with E-state index >= 15 is 0 Å². The van der Waals surface area contributed by atoms with Gasteiger partial charge in [0.2, 0.25) is 0 Å². The smallest absolute Gasteiger partial charge is 0.274 e. The number of nitro groups is 1. The van der Waals surface area contributed by atoms with Crippen LogP contribution in [0.5, 0.6) is 11.5 Å². The summed E-state index contributed by atoms with van der Waals surface area (Å²) in [6.07, 6.45) is 2.04. The summed E-state index contributed by atoms with van der Waals surface area (Å²) in [7, 11) is 1.30. The van der Waals surface area contributed by atoms with Gasteiger partial charge in [-0.2, -0.15) is 0 Å². The SMILES string of the molecule is COc1cc([N+](=O)[O-])cc(/C=C2\SC(=S)N(CCc3ccccc3)C2=O)c1O. The van der Waals surface area contributed by atoms with Gasteiger partial charge < -0.3 is 9.84 Å². The van der Waals surface area contributed by atoms with Gasteiger partial charge in [0.25, 0.3) is 11.6 Å². The number of thioether (sulfide) groups is 1. The molecular formula is C19H16N2O5S2. The molecule has 0 saturated carbocycles. The van der Waals surface area contributed by atoms with Gasteiger partial charge in [-0.25, -0.2) is 0 Å². The van der Waals surface area contributed by atoms with Gasteiger partial charge in [0.15, 0.2) is 11.5 Å². The average molecular weight is 416 g/mol. The van der Waals surface area contributed by atoms with E-state index in [4.69, 9.17) is 17.0 Å². The van der Waals surface area contributed by atoms with Crippen molar-refractivity contribution in [2.45, 2.75) is 6.42 Å². The van der Waals surface area contributed by atoms with Crippen molar-refractivity contribution >= 4 is 46.0 Å². The van der Waals surface area contributed by atoms with E-state index in [0.29, 0.717) is 17.3 Å². The number of non-ortho nitro benzene ring substituents is 1. The predicted molar refractivity (Wildman–Crippen MR) is 111 cm³/mol. The maximum absolute atomic E-state index is 12.7. The number of benzene rings is 2. The monoisotopic (exact) mass is 416 g/mol. The van der Waals surface area contributed by atoms with E-state index in [9.17, 15) is 20.0 Å². The van der Waals surface area contributed by atoms with Crippen molar-refractivity contribution in [2.24, 2.45) is 0 Å². The lowest BCUT2D eigenvalue weighted by Crippen LogP contribution is -2.30. The number of nitro benzene ring substituents is 1. The third kappa shape index (κ3) is 4.15. The zero-order chi connectivity index (χ0) is 20.3. The Bertz CT molecular complexity index is 976. The van der Waals surface area contributed by atoms with Crippen LogP contribution in [0.1, 0.15) is 11.1 Å². The maximum Gasteiger partial charge on any atom is 0.274 e. The van der Waals surface area contributed by atoms with E-state index in [1.54, 1.807) is 0 Å². The molecule has 28 heavy (non-hydrogen) atoms. The lowest BCUT2D eigenvalue weighted by atomic mass is 10.1. The number of thiocarbonyl (C=S) groups is 1. The number of nitrogens with zero attached hydrogens (tertiary/aromatic N) is 2. The van der Waals surface area contributed by atoms with Gasteiger partial charge in [0.1, 0.15) is 4.32 Å². The summed E-state index contributed by atoms with van der Waals surface area (Å²) in [5, 5.41) is 21.4. The fraction of sp³-hybridized carbons (Fsp3) is 0.158. The number of rotatable bonds is 6. The summed E-state index contributed by atoms with van der Waals surface area (Å²) in [5.41, 5.74) is 0.955. The fourth-order valence-electron chi connectivity index (χ4n) is 2.70. The van der Waals surface area contributed by atoms with Crippen LogP contribution in [0.2, 0.25) is 0 Å². The van der Waals surface area contributed by atoms with Gasteiger partial charge in [-0.3, -0.25) is 19.8 Å². The van der Waals surface area contributed by atoms with Crippen molar-refractivity contribution in [3.8, 4) is 11.5 Å². The van der Waals surface area contributed by atoms with Crippen LogP contribution in [0, 0.1) is 10.1 Å². The molecular weight excluding hydrogens is 400 g/mol. The van der Waals surface area contributed by atoms with Gasteiger partial charge in [0, 0.05) is 18.2 Å². The van der Waals surface area contributed by atoms with Crippen molar-refractivity contribution in [2.75, 3.05) is 13.7 Å². The Morgan fingerprint density at radius 2 is 2.04 bits per heavy atom. The maximum atomic E-state index is 12.7. The highest BCUT2D eigenvalue weighted by molar-refractivity contribution is 8.26. The number of hydrogen-bond acceptors (Lipinski definition) is 7. The van der Waals surface area contributed by atoms with Gasteiger partial charge in [-0.05, 0) is 18.1 Å². The van der Waals surface area contributed by atoms with E-state index in [-0.39, 0.29) is 33.6 Å². The molecule has 3 rings (SSSR count). The van der Waals surface area contributed by atoms with Crippen LogP contribution in [0.3, 0.4) is 0 Å². The molecule has 0 aliphatic carbocycles. The number of phenolic OH excluding ortho intramolecular Hbond substituents is 1. The molecule has 1 amide bonds. The first kappa shape index (κ1) is 19.8. The number of carbonyl (C=O) groups is 1. The summed E-state index contributed by atoms with van der Waals surface area (Å²) in [5.74, 6) is -0.613. The Balaban J connectivity index is 1.85. The second-order valence-corrected chi connectivity index (χ2v) is 7.59. The zero-order valence-electron chi connectivity index (χ0n) is 14.8. The van der Waals surface area contributed by atoms with Crippen molar-refractivity contribution in [3.05, 3.63) is 68.6 Å². The molecule has 1 N–H and O–H groups in total. The van der Waals surface area contributed by atoms with E-state index in [0.717, 1.165) is 23.4 Å². The molecule has 0 bridgehead atoms. The summed E-state index contributed by atoms with van der Waals surface area (Å²) in [6.45, 7) is 0.427. The lowest BCUT2D eigenvalue weighted by molar-refractivity contribution is -0.385. The molecule has 2 aromatic rings. The number of phenols is 1. The van der Waals surface area contributed by atoms with Gasteiger partial charge in [-0.15, -0.1) is 0 Å². The second-order valence-electron chi connectivity index (χ2n) is 5.91. The lowest BCUT2D eigenvalue weighted by Gasteiger charge is -2.14. The molecule has 1 saturated heterocycles. The Morgan fingerprint density at radius 1 is 1.32 bits per heavy atom. The average Bonchev–Trinajstić information content (AvgIpc) is 2.95. The van der Waals surface area contributed by atoms with Crippen molar-refractivity contribution in [3.63, 3.8) is 0 Å². The van der Waals surface area contributed by atoms with Crippen LogP contribution < -0.4 is 4.74 Å². The summed E-state index contributed by atoms with van der Waals surface area (Å²) in [6, 6.07) is 12.0. The van der Waals surface area contributed by atoms with Gasteiger partial charge >= 0.3 is 0 Å². The van der Waals surface area contributed by atoms with Crippen LogP contribution in [0.25, 0.3) is 6.08 Å². The van der Waals surface area contributed by atoms with Gasteiger partial charge in [0.05, 0.1) is 23.0 Å². The first-order chi connectivity index (χ1) is 13.4. The van der Waals surface area contributed by atoms with E-state index in [1.807, 2.05) is 30.3 Å². The minimum absolute atomic E-state index is 0.0417. The summed E-state index contributed by atoms with van der Waals surface area (Å²) >= 11 is 6.40. The van der Waals surface area contributed by atoms with Crippen LogP contribution in [0.4, 0.5) is 5.69 Å². The highest BCUT2D eigenvalue weighted by atomic mass is 32.2. The molecule has 1 heterocycles. The summed E-state index contributed by atoms with van der Waals surface area (Å²) in [4.78, 5) is 25.0. The number of amides is 1. The standard InChI is InChI=1S/C19H16N2O5S2/c1-26-15-11-14(21(24)25)9-13(17(15)22)10-16-18(23)20(19(27)28-16)8-7-12-5-3-2-4-6-12/h2-6,9-11,22H,7-8H2,1H3/b16-10-. The molecule has 0 radical (unpaired) electrons. The molecule has 9 heteroatoms. The molecule has 2 aromatic carbocycles. The van der Waals surface area contributed by atoms with E-state index < -0.39 is 4.92 Å². The highest BCUT2D eigenvalue weighted by Gasteiger charge is 2.32. The van der Waals surface area contributed by atoms with Gasteiger partial charge in [-0.1, -0.05) is 54.3 Å². The molecule has 0 aromatic heterocycles. The minimum atomic E-state index is -0.593. The van der Waals surface area contributed by atoms with Crippen molar-refractivity contribution in [1.29, 1.82) is 0 Å². The van der Waals surface area contributed by atoms with E-state index in [2.05, 4.69) is 0 Å². The molecule has 0 unspecified atom stereocenters. The molecule has 144 valence electrons. The molecule has 1 aliphatic rings. The molecule has 0 spiro atoms. The normalized spacial score (nSPS) is 15.3. The molecule has 1 aliphatic heterocycles. The molecule has 7 nitrogen and oxygen atoms in total. The minimum Gasteiger partial charge on any atom is -0.504 e. The largest absolute Gasteiger partial charge is 0.504 e.